The highest BCUT2D eigenvalue weighted by atomic mass is 35.5. The third kappa shape index (κ3) is 5.09. The van der Waals surface area contributed by atoms with E-state index in [4.69, 9.17) is 21.1 Å². The standard InChI is InChI=1S/C21H30ClN3O4/c1-15-12-17(22)13-16(2)18(15)14-19(26)23-21(20(27)28-3)4-6-24(7-5-21)25-8-10-29-11-9-25/h12-13H,4-11,14H2,1-3H3,(H,23,26). The van der Waals surface area contributed by atoms with Gasteiger partial charge >= 0.3 is 5.97 Å². The number of hydrazine groups is 1. The number of nitrogens with zero attached hydrogens (tertiary/aromatic N) is 2. The van der Waals surface area contributed by atoms with Crippen molar-refractivity contribution in [2.75, 3.05) is 46.5 Å². The number of carbonyl (C=O) groups excluding carboxylic acids is 2. The van der Waals surface area contributed by atoms with Crippen LogP contribution in [0.5, 0.6) is 0 Å². The minimum Gasteiger partial charge on any atom is -0.467 e. The van der Waals surface area contributed by atoms with Crippen molar-refractivity contribution in [3.8, 4) is 0 Å². The average molecular weight is 424 g/mol. The van der Waals surface area contributed by atoms with Gasteiger partial charge in [0.1, 0.15) is 5.54 Å². The molecule has 0 bridgehead atoms. The summed E-state index contributed by atoms with van der Waals surface area (Å²) in [6.45, 7) is 8.41. The second kappa shape index (κ2) is 9.43. The first kappa shape index (κ1) is 22.0. The van der Waals surface area contributed by atoms with Gasteiger partial charge in [-0.05, 0) is 55.5 Å². The topological polar surface area (TPSA) is 71.1 Å². The van der Waals surface area contributed by atoms with Gasteiger partial charge in [0, 0.05) is 31.2 Å². The fraction of sp³-hybridized carbons (Fsp3) is 0.619. The van der Waals surface area contributed by atoms with Gasteiger partial charge in [-0.3, -0.25) is 4.79 Å². The molecule has 2 fully saturated rings. The summed E-state index contributed by atoms with van der Waals surface area (Å²) in [6, 6.07) is 3.71. The molecule has 2 aliphatic rings. The van der Waals surface area contributed by atoms with Crippen LogP contribution in [-0.2, 0) is 25.5 Å². The monoisotopic (exact) mass is 423 g/mol. The Bertz CT molecular complexity index is 733. The van der Waals surface area contributed by atoms with Crippen molar-refractivity contribution in [3.05, 3.63) is 33.8 Å². The molecule has 1 aromatic carbocycles. The SMILES string of the molecule is COC(=O)C1(NC(=O)Cc2c(C)cc(Cl)cc2C)CCN(N2CCOCC2)CC1. The molecule has 29 heavy (non-hydrogen) atoms. The Kier molecular flexibility index (Phi) is 7.16. The number of rotatable bonds is 5. The first-order valence-electron chi connectivity index (χ1n) is 10.1. The molecule has 0 radical (unpaired) electrons. The maximum Gasteiger partial charge on any atom is 0.331 e. The van der Waals surface area contributed by atoms with E-state index in [0.29, 0.717) is 31.0 Å². The molecule has 7 nitrogen and oxygen atoms in total. The molecule has 2 saturated heterocycles. The number of nitrogens with one attached hydrogen (secondary N) is 1. The van der Waals surface area contributed by atoms with Crippen LogP contribution in [0.1, 0.15) is 29.5 Å². The minimum atomic E-state index is -0.983. The molecule has 0 aliphatic carbocycles. The van der Waals surface area contributed by atoms with E-state index in [1.165, 1.54) is 7.11 Å². The van der Waals surface area contributed by atoms with E-state index >= 15 is 0 Å². The number of ether oxygens (including phenoxy) is 2. The van der Waals surface area contributed by atoms with Crippen LogP contribution in [-0.4, -0.2) is 73.9 Å². The molecule has 160 valence electrons. The summed E-state index contributed by atoms with van der Waals surface area (Å²) in [5.41, 5.74) is 1.90. The number of aryl methyl sites for hydroxylation is 2. The van der Waals surface area contributed by atoms with Gasteiger partial charge in [0.15, 0.2) is 0 Å². The first-order chi connectivity index (χ1) is 13.8. The van der Waals surface area contributed by atoms with Gasteiger partial charge in [-0.25, -0.2) is 14.8 Å². The van der Waals surface area contributed by atoms with E-state index in [-0.39, 0.29) is 18.3 Å². The third-order valence-corrected chi connectivity index (χ3v) is 6.15. The number of carbonyl (C=O) groups is 2. The van der Waals surface area contributed by atoms with Gasteiger partial charge in [-0.2, -0.15) is 0 Å². The van der Waals surface area contributed by atoms with Gasteiger partial charge in [0.2, 0.25) is 5.91 Å². The highest BCUT2D eigenvalue weighted by Gasteiger charge is 2.44. The highest BCUT2D eigenvalue weighted by Crippen LogP contribution is 2.26. The van der Waals surface area contributed by atoms with Gasteiger partial charge in [0.05, 0.1) is 26.7 Å². The van der Waals surface area contributed by atoms with Gasteiger partial charge in [-0.1, -0.05) is 11.6 Å². The van der Waals surface area contributed by atoms with Gasteiger partial charge in [-0.15, -0.1) is 0 Å². The number of amides is 1. The maximum absolute atomic E-state index is 12.9. The fourth-order valence-corrected chi connectivity index (χ4v) is 4.59. The summed E-state index contributed by atoms with van der Waals surface area (Å²) in [4.78, 5) is 25.5. The second-order valence-corrected chi connectivity index (χ2v) is 8.27. The van der Waals surface area contributed by atoms with Crippen molar-refractivity contribution < 1.29 is 19.1 Å². The van der Waals surface area contributed by atoms with Crippen LogP contribution < -0.4 is 5.32 Å². The quantitative estimate of drug-likeness (QED) is 0.729. The van der Waals surface area contributed by atoms with Crippen LogP contribution in [0.2, 0.25) is 5.02 Å². The van der Waals surface area contributed by atoms with E-state index in [1.807, 2.05) is 26.0 Å². The van der Waals surface area contributed by atoms with E-state index in [9.17, 15) is 9.59 Å². The zero-order chi connectivity index (χ0) is 21.0. The molecule has 0 saturated carbocycles. The van der Waals surface area contributed by atoms with Crippen molar-refractivity contribution in [1.29, 1.82) is 0 Å². The Morgan fingerprint density at radius 1 is 1.10 bits per heavy atom. The Hall–Kier alpha value is -1.67. The van der Waals surface area contributed by atoms with Crippen LogP contribution in [0.4, 0.5) is 0 Å². The number of halogens is 1. The number of benzene rings is 1. The number of piperidine rings is 1. The lowest BCUT2D eigenvalue weighted by atomic mass is 9.87. The number of hydrogen-bond donors (Lipinski definition) is 1. The zero-order valence-electron chi connectivity index (χ0n) is 17.4. The lowest BCUT2D eigenvalue weighted by Gasteiger charge is -2.45. The Morgan fingerprint density at radius 3 is 2.21 bits per heavy atom. The smallest absolute Gasteiger partial charge is 0.331 e. The molecule has 8 heteroatoms. The Balaban J connectivity index is 1.68. The molecule has 0 aromatic heterocycles. The number of hydrogen-bond acceptors (Lipinski definition) is 6. The molecule has 1 N–H and O–H groups in total. The van der Waals surface area contributed by atoms with Crippen LogP contribution in [0.15, 0.2) is 12.1 Å². The Morgan fingerprint density at radius 2 is 1.66 bits per heavy atom. The largest absolute Gasteiger partial charge is 0.467 e. The number of methoxy groups -OCH3 is 1. The molecule has 0 atom stereocenters. The highest BCUT2D eigenvalue weighted by molar-refractivity contribution is 6.30. The summed E-state index contributed by atoms with van der Waals surface area (Å²) in [6.07, 6.45) is 1.24. The zero-order valence-corrected chi connectivity index (χ0v) is 18.2. The summed E-state index contributed by atoms with van der Waals surface area (Å²) in [7, 11) is 1.37. The fourth-order valence-electron chi connectivity index (χ4n) is 4.26. The van der Waals surface area contributed by atoms with Gasteiger partial charge < -0.3 is 14.8 Å². The van der Waals surface area contributed by atoms with E-state index in [1.54, 1.807) is 0 Å². The third-order valence-electron chi connectivity index (χ3n) is 5.93. The summed E-state index contributed by atoms with van der Waals surface area (Å²) >= 11 is 6.10. The van der Waals surface area contributed by atoms with Crippen molar-refractivity contribution in [3.63, 3.8) is 0 Å². The van der Waals surface area contributed by atoms with Gasteiger partial charge in [0.25, 0.3) is 0 Å². The Labute approximate surface area is 177 Å². The molecule has 0 spiro atoms. The predicted molar refractivity (Wildman–Crippen MR) is 111 cm³/mol. The molecular formula is C21H30ClN3O4. The normalized spacial score (nSPS) is 20.3. The average Bonchev–Trinajstić information content (AvgIpc) is 2.71. The second-order valence-electron chi connectivity index (χ2n) is 7.84. The van der Waals surface area contributed by atoms with E-state index in [0.717, 1.165) is 43.0 Å². The molecule has 3 rings (SSSR count). The summed E-state index contributed by atoms with van der Waals surface area (Å²) in [5.74, 6) is -0.555. The van der Waals surface area contributed by atoms with Crippen LogP contribution in [0, 0.1) is 13.8 Å². The summed E-state index contributed by atoms with van der Waals surface area (Å²) < 4.78 is 10.5. The maximum atomic E-state index is 12.9. The van der Waals surface area contributed by atoms with Crippen LogP contribution in [0.25, 0.3) is 0 Å². The lowest BCUT2D eigenvalue weighted by molar-refractivity contribution is -0.158. The van der Waals surface area contributed by atoms with Crippen LogP contribution >= 0.6 is 11.6 Å². The predicted octanol–water partition coefficient (Wildman–Crippen LogP) is 1.87. The van der Waals surface area contributed by atoms with Crippen LogP contribution in [0.3, 0.4) is 0 Å². The van der Waals surface area contributed by atoms with Crippen molar-refractivity contribution in [2.24, 2.45) is 0 Å². The molecule has 2 heterocycles. The van der Waals surface area contributed by atoms with E-state index in [2.05, 4.69) is 15.3 Å². The molecule has 2 aliphatic heterocycles. The molecule has 0 unspecified atom stereocenters. The minimum absolute atomic E-state index is 0.177. The number of morpholine rings is 1. The lowest BCUT2D eigenvalue weighted by Crippen LogP contribution is -2.63. The molecule has 1 amide bonds. The molecule has 1 aromatic rings. The van der Waals surface area contributed by atoms with Crippen molar-refractivity contribution >= 4 is 23.5 Å². The van der Waals surface area contributed by atoms with Crippen molar-refractivity contribution in [1.82, 2.24) is 15.3 Å². The summed E-state index contributed by atoms with van der Waals surface area (Å²) in [5, 5.41) is 8.19. The first-order valence-corrected chi connectivity index (χ1v) is 10.4. The molecular weight excluding hydrogens is 394 g/mol. The number of esters is 1. The van der Waals surface area contributed by atoms with Crippen molar-refractivity contribution in [2.45, 2.75) is 38.6 Å². The van der Waals surface area contributed by atoms with E-state index < -0.39 is 5.54 Å².